The van der Waals surface area contributed by atoms with Crippen LogP contribution in [0.25, 0.3) is 0 Å². The van der Waals surface area contributed by atoms with Gasteiger partial charge in [0.2, 0.25) is 11.8 Å². The highest BCUT2D eigenvalue weighted by Gasteiger charge is 2.35. The van der Waals surface area contributed by atoms with E-state index in [9.17, 15) is 18.0 Å². The molecule has 0 saturated heterocycles. The van der Waals surface area contributed by atoms with Crippen molar-refractivity contribution in [3.05, 3.63) is 70.2 Å². The molecular formula is C33H41Cl2N3O8S. The summed E-state index contributed by atoms with van der Waals surface area (Å²) in [6.45, 7) is 4.82. The Morgan fingerprint density at radius 1 is 0.809 bits per heavy atom. The van der Waals surface area contributed by atoms with Crippen LogP contribution in [-0.4, -0.2) is 72.2 Å². The van der Waals surface area contributed by atoms with Gasteiger partial charge < -0.3 is 29.2 Å². The highest BCUT2D eigenvalue weighted by Crippen LogP contribution is 2.38. The molecule has 0 saturated carbocycles. The standard InChI is InChI=1S/C33H41Cl2N3O8S/c1-8-21(3)36-33(40)27(9-2)37(19-22-10-13-25(34)26(35)16-22)32(39)20-38(28-17-23(43-4)11-14-29(28)44-5)47(41,42)24-12-15-30(45-6)31(18-24)46-7/h10-18,21,27H,8-9,19-20H2,1-7H3,(H,36,40)/t21-,27+/m1/s1. The second-order valence-corrected chi connectivity index (χ2v) is 13.3. The summed E-state index contributed by atoms with van der Waals surface area (Å²) in [7, 11) is 1.16. The van der Waals surface area contributed by atoms with Crippen LogP contribution < -0.4 is 28.6 Å². The highest BCUT2D eigenvalue weighted by atomic mass is 35.5. The second kappa shape index (κ2) is 16.8. The first-order chi connectivity index (χ1) is 22.3. The number of hydrogen-bond acceptors (Lipinski definition) is 8. The van der Waals surface area contributed by atoms with E-state index in [2.05, 4.69) is 5.32 Å². The van der Waals surface area contributed by atoms with Gasteiger partial charge in [0.1, 0.15) is 24.1 Å². The molecule has 3 aromatic rings. The summed E-state index contributed by atoms with van der Waals surface area (Å²) in [5.41, 5.74) is 0.636. The van der Waals surface area contributed by atoms with Gasteiger partial charge in [-0.25, -0.2) is 8.42 Å². The molecule has 1 N–H and O–H groups in total. The van der Waals surface area contributed by atoms with Crippen LogP contribution in [0.3, 0.4) is 0 Å². The summed E-state index contributed by atoms with van der Waals surface area (Å²) >= 11 is 12.4. The molecule has 0 aliphatic rings. The number of ether oxygens (including phenoxy) is 4. The highest BCUT2D eigenvalue weighted by molar-refractivity contribution is 7.92. The van der Waals surface area contributed by atoms with E-state index in [4.69, 9.17) is 42.1 Å². The van der Waals surface area contributed by atoms with Crippen LogP contribution in [0.4, 0.5) is 5.69 Å². The van der Waals surface area contributed by atoms with Crippen molar-refractivity contribution in [3.63, 3.8) is 0 Å². The minimum absolute atomic E-state index is 0.0431. The molecule has 256 valence electrons. The van der Waals surface area contributed by atoms with E-state index in [1.807, 2.05) is 13.8 Å². The number of rotatable bonds is 16. The Morgan fingerprint density at radius 3 is 2.04 bits per heavy atom. The molecule has 47 heavy (non-hydrogen) atoms. The number of methoxy groups -OCH3 is 4. The van der Waals surface area contributed by atoms with Gasteiger partial charge in [0.15, 0.2) is 11.5 Å². The van der Waals surface area contributed by atoms with Gasteiger partial charge in [-0.1, -0.05) is 43.1 Å². The Labute approximate surface area is 286 Å². The number of nitrogens with zero attached hydrogens (tertiary/aromatic N) is 2. The summed E-state index contributed by atoms with van der Waals surface area (Å²) in [4.78, 5) is 29.2. The number of carbonyl (C=O) groups is 2. The van der Waals surface area contributed by atoms with E-state index in [0.29, 0.717) is 28.5 Å². The minimum Gasteiger partial charge on any atom is -0.497 e. The van der Waals surface area contributed by atoms with Crippen LogP contribution in [0.15, 0.2) is 59.5 Å². The van der Waals surface area contributed by atoms with Crippen molar-refractivity contribution in [2.24, 2.45) is 0 Å². The van der Waals surface area contributed by atoms with Crippen LogP contribution >= 0.6 is 23.2 Å². The lowest BCUT2D eigenvalue weighted by Gasteiger charge is -2.34. The molecule has 0 bridgehead atoms. The minimum atomic E-state index is -4.48. The van der Waals surface area contributed by atoms with Crippen LogP contribution in [0.2, 0.25) is 10.0 Å². The van der Waals surface area contributed by atoms with Crippen molar-refractivity contribution in [3.8, 4) is 23.0 Å². The number of halogens is 2. The molecule has 0 unspecified atom stereocenters. The first-order valence-corrected chi connectivity index (χ1v) is 17.0. The summed E-state index contributed by atoms with van der Waals surface area (Å²) in [5.74, 6) is -0.0434. The lowest BCUT2D eigenvalue weighted by atomic mass is 10.1. The smallest absolute Gasteiger partial charge is 0.265 e. The molecule has 0 heterocycles. The van der Waals surface area contributed by atoms with Crippen molar-refractivity contribution in [2.75, 3.05) is 39.3 Å². The van der Waals surface area contributed by atoms with Gasteiger partial charge in [-0.15, -0.1) is 0 Å². The molecule has 11 nitrogen and oxygen atoms in total. The number of nitrogens with one attached hydrogen (secondary N) is 1. The predicted octanol–water partition coefficient (Wildman–Crippen LogP) is 5.95. The average molecular weight is 711 g/mol. The van der Waals surface area contributed by atoms with E-state index in [-0.39, 0.29) is 52.0 Å². The van der Waals surface area contributed by atoms with E-state index in [0.717, 1.165) is 4.31 Å². The lowest BCUT2D eigenvalue weighted by Crippen LogP contribution is -2.53. The molecule has 0 fully saturated rings. The first-order valence-electron chi connectivity index (χ1n) is 14.9. The normalized spacial score (nSPS) is 12.4. The zero-order valence-corrected chi connectivity index (χ0v) is 29.8. The predicted molar refractivity (Wildman–Crippen MR) is 183 cm³/mol. The number of anilines is 1. The molecule has 0 aliphatic heterocycles. The number of hydrogen-bond donors (Lipinski definition) is 1. The van der Waals surface area contributed by atoms with E-state index < -0.39 is 28.5 Å². The van der Waals surface area contributed by atoms with Crippen LogP contribution in [0.1, 0.15) is 39.2 Å². The van der Waals surface area contributed by atoms with Gasteiger partial charge in [0, 0.05) is 24.7 Å². The van der Waals surface area contributed by atoms with E-state index in [1.54, 1.807) is 31.2 Å². The van der Waals surface area contributed by atoms with Crippen LogP contribution in [0.5, 0.6) is 23.0 Å². The van der Waals surface area contributed by atoms with Gasteiger partial charge in [0.25, 0.3) is 10.0 Å². The third kappa shape index (κ3) is 8.94. The number of amides is 2. The van der Waals surface area contributed by atoms with Crippen molar-refractivity contribution >= 4 is 50.7 Å². The molecule has 3 rings (SSSR count). The van der Waals surface area contributed by atoms with E-state index >= 15 is 0 Å². The van der Waals surface area contributed by atoms with Crippen LogP contribution in [-0.2, 0) is 26.2 Å². The van der Waals surface area contributed by atoms with Gasteiger partial charge in [-0.05, 0) is 61.7 Å². The Hall–Kier alpha value is -3.87. The topological polar surface area (TPSA) is 124 Å². The monoisotopic (exact) mass is 709 g/mol. The Morgan fingerprint density at radius 2 is 1.47 bits per heavy atom. The fraction of sp³-hybridized carbons (Fsp3) is 0.394. The third-order valence-corrected chi connectivity index (χ3v) is 10.1. The molecule has 0 aromatic heterocycles. The first kappa shape index (κ1) is 37.6. The van der Waals surface area contributed by atoms with Crippen molar-refractivity contribution < 1.29 is 37.0 Å². The maximum atomic E-state index is 14.5. The molecule has 14 heteroatoms. The molecule has 3 aromatic carbocycles. The Bertz CT molecular complexity index is 1670. The number of benzene rings is 3. The van der Waals surface area contributed by atoms with Gasteiger partial charge in [-0.2, -0.15) is 0 Å². The van der Waals surface area contributed by atoms with Crippen molar-refractivity contribution in [1.29, 1.82) is 0 Å². The molecule has 0 radical (unpaired) electrons. The fourth-order valence-electron chi connectivity index (χ4n) is 4.80. The number of carbonyl (C=O) groups excluding carboxylic acids is 2. The SMILES string of the molecule is CC[C@@H](C)NC(=O)[C@H](CC)N(Cc1ccc(Cl)c(Cl)c1)C(=O)CN(c1cc(OC)ccc1OC)S(=O)(=O)c1ccc(OC)c(OC)c1. The molecule has 0 spiro atoms. The zero-order valence-electron chi connectivity index (χ0n) is 27.5. The maximum Gasteiger partial charge on any atom is 0.265 e. The van der Waals surface area contributed by atoms with E-state index in [1.165, 1.54) is 63.7 Å². The van der Waals surface area contributed by atoms with Crippen LogP contribution in [0, 0.1) is 0 Å². The summed E-state index contributed by atoms with van der Waals surface area (Å²) in [6, 6.07) is 12.5. The summed E-state index contributed by atoms with van der Waals surface area (Å²) in [5, 5.41) is 3.54. The Balaban J connectivity index is 2.21. The summed E-state index contributed by atoms with van der Waals surface area (Å²) < 4.78 is 51.5. The quantitative estimate of drug-likeness (QED) is 0.194. The molecule has 2 atom stereocenters. The number of sulfonamides is 1. The molecule has 0 aliphatic carbocycles. The second-order valence-electron chi connectivity index (χ2n) is 10.6. The molecule has 2 amide bonds. The lowest BCUT2D eigenvalue weighted by molar-refractivity contribution is -0.140. The van der Waals surface area contributed by atoms with Crippen molar-refractivity contribution in [1.82, 2.24) is 10.2 Å². The van der Waals surface area contributed by atoms with Gasteiger partial charge >= 0.3 is 0 Å². The van der Waals surface area contributed by atoms with Gasteiger partial charge in [0.05, 0.1) is 49.1 Å². The average Bonchev–Trinajstić information content (AvgIpc) is 3.07. The maximum absolute atomic E-state index is 14.5. The Kier molecular flexibility index (Phi) is 13.4. The molecular weight excluding hydrogens is 669 g/mol. The van der Waals surface area contributed by atoms with Crippen molar-refractivity contribution in [2.45, 2.75) is 57.1 Å². The summed E-state index contributed by atoms with van der Waals surface area (Å²) in [6.07, 6.45) is 0.927. The zero-order chi connectivity index (χ0) is 34.9. The fourth-order valence-corrected chi connectivity index (χ4v) is 6.56. The van der Waals surface area contributed by atoms with Gasteiger partial charge in [-0.3, -0.25) is 13.9 Å². The third-order valence-electron chi connectivity index (χ3n) is 7.60. The largest absolute Gasteiger partial charge is 0.497 e.